The number of carbonyl (C=O) groups is 1. The van der Waals surface area contributed by atoms with Gasteiger partial charge in [0, 0.05) is 17.2 Å². The second-order valence-electron chi connectivity index (χ2n) is 6.32. The molecule has 4 nitrogen and oxygen atoms in total. The van der Waals surface area contributed by atoms with Crippen molar-refractivity contribution in [2.75, 3.05) is 12.8 Å². The van der Waals surface area contributed by atoms with Crippen molar-refractivity contribution in [2.24, 2.45) is 0 Å². The maximum atomic E-state index is 10.8. The Kier molecular flexibility index (Phi) is 4.40. The van der Waals surface area contributed by atoms with E-state index < -0.39 is 8.07 Å². The molecular formula is C15H22N2O2Si. The second-order valence-corrected chi connectivity index (χ2v) is 11.7. The van der Waals surface area contributed by atoms with E-state index >= 15 is 0 Å². The van der Waals surface area contributed by atoms with Gasteiger partial charge in [0.25, 0.3) is 0 Å². The van der Waals surface area contributed by atoms with Crippen LogP contribution in [0.1, 0.15) is 16.1 Å². The lowest BCUT2D eigenvalue weighted by molar-refractivity contribution is 0.112. The van der Waals surface area contributed by atoms with Gasteiger partial charge in [-0.2, -0.15) is 5.10 Å². The summed E-state index contributed by atoms with van der Waals surface area (Å²) in [6, 6.07) is 5.68. The number of aromatic nitrogens is 2. The number of benzene rings is 1. The van der Waals surface area contributed by atoms with Crippen molar-refractivity contribution >= 4 is 25.3 Å². The van der Waals surface area contributed by atoms with Gasteiger partial charge in [0.05, 0.1) is 32.4 Å². The van der Waals surface area contributed by atoms with Crippen LogP contribution < -0.4 is 0 Å². The minimum atomic E-state index is -1.15. The first kappa shape index (κ1) is 14.9. The van der Waals surface area contributed by atoms with E-state index in [0.717, 1.165) is 35.7 Å². The predicted molar refractivity (Wildman–Crippen MR) is 84.0 cm³/mol. The zero-order chi connectivity index (χ0) is 14.8. The molecule has 0 aliphatic carbocycles. The summed E-state index contributed by atoms with van der Waals surface area (Å²) >= 11 is 0. The first-order valence-electron chi connectivity index (χ1n) is 6.91. The second kappa shape index (κ2) is 5.89. The van der Waals surface area contributed by atoms with Crippen molar-refractivity contribution < 1.29 is 9.53 Å². The Labute approximate surface area is 120 Å². The van der Waals surface area contributed by atoms with Gasteiger partial charge in [0.2, 0.25) is 0 Å². The number of rotatable bonds is 6. The Morgan fingerprint density at radius 2 is 2.10 bits per heavy atom. The molecule has 5 heteroatoms. The van der Waals surface area contributed by atoms with Crippen LogP contribution in [0.4, 0.5) is 0 Å². The lowest BCUT2D eigenvalue weighted by Gasteiger charge is -2.15. The summed E-state index contributed by atoms with van der Waals surface area (Å²) < 4.78 is 7.71. The molecule has 0 radical (unpaired) electrons. The molecule has 0 aliphatic heterocycles. The summed E-state index contributed by atoms with van der Waals surface area (Å²) in [5.41, 5.74) is 2.70. The number of nitrogens with zero attached hydrogens (tertiary/aromatic N) is 2. The maximum Gasteiger partial charge on any atom is 0.150 e. The highest BCUT2D eigenvalue weighted by Crippen LogP contribution is 2.19. The first-order chi connectivity index (χ1) is 9.40. The van der Waals surface area contributed by atoms with Gasteiger partial charge in [0.1, 0.15) is 6.29 Å². The van der Waals surface area contributed by atoms with E-state index in [1.165, 1.54) is 0 Å². The van der Waals surface area contributed by atoms with Crippen LogP contribution in [0.2, 0.25) is 19.6 Å². The molecule has 0 aliphatic rings. The summed E-state index contributed by atoms with van der Waals surface area (Å²) in [5.74, 6) is 0. The van der Waals surface area contributed by atoms with Crippen LogP contribution in [-0.4, -0.2) is 37.0 Å². The van der Waals surface area contributed by atoms with Gasteiger partial charge < -0.3 is 4.74 Å². The summed E-state index contributed by atoms with van der Waals surface area (Å²) in [5, 5.41) is 5.57. The molecule has 20 heavy (non-hydrogen) atoms. The topological polar surface area (TPSA) is 44.1 Å². The number of hydrogen-bond donors (Lipinski definition) is 0. The van der Waals surface area contributed by atoms with Gasteiger partial charge in [-0.25, -0.2) is 0 Å². The molecule has 1 aromatic heterocycles. The molecule has 0 amide bonds. The molecule has 0 saturated heterocycles. The lowest BCUT2D eigenvalue weighted by atomic mass is 10.1. The monoisotopic (exact) mass is 290 g/mol. The lowest BCUT2D eigenvalue weighted by Crippen LogP contribution is -2.29. The van der Waals surface area contributed by atoms with Crippen LogP contribution in [0.5, 0.6) is 0 Å². The van der Waals surface area contributed by atoms with Crippen LogP contribution >= 0.6 is 0 Å². The number of ether oxygens (including phenoxy) is 1. The van der Waals surface area contributed by atoms with E-state index in [0.29, 0.717) is 12.2 Å². The summed E-state index contributed by atoms with van der Waals surface area (Å²) in [4.78, 5) is 10.8. The van der Waals surface area contributed by atoms with Gasteiger partial charge >= 0.3 is 0 Å². The Morgan fingerprint density at radius 3 is 2.75 bits per heavy atom. The van der Waals surface area contributed by atoms with E-state index in [1.54, 1.807) is 0 Å². The molecule has 0 spiro atoms. The summed E-state index contributed by atoms with van der Waals surface area (Å²) in [6.45, 7) is 10.3. The molecular weight excluding hydrogens is 268 g/mol. The fraction of sp³-hybridized carbons (Fsp3) is 0.467. The zero-order valence-electron chi connectivity index (χ0n) is 12.6. The molecule has 1 aromatic carbocycles. The van der Waals surface area contributed by atoms with Gasteiger partial charge in [0.15, 0.2) is 0 Å². The van der Waals surface area contributed by atoms with Gasteiger partial charge in [-0.1, -0.05) is 19.6 Å². The van der Waals surface area contributed by atoms with Crippen LogP contribution in [0.15, 0.2) is 18.2 Å². The normalized spacial score (nSPS) is 12.0. The summed E-state index contributed by atoms with van der Waals surface area (Å²) in [6.07, 6.45) is 1.74. The quantitative estimate of drug-likeness (QED) is 0.466. The summed E-state index contributed by atoms with van der Waals surface area (Å²) in [7, 11) is -1.15. The third kappa shape index (κ3) is 3.55. The third-order valence-electron chi connectivity index (χ3n) is 3.08. The van der Waals surface area contributed by atoms with Crippen molar-refractivity contribution in [1.29, 1.82) is 0 Å². The average molecular weight is 290 g/mol. The predicted octanol–water partition coefficient (Wildman–Crippen LogP) is 3.05. The van der Waals surface area contributed by atoms with Crippen molar-refractivity contribution in [3.8, 4) is 0 Å². The minimum absolute atomic E-state index is 0.677. The highest BCUT2D eigenvalue weighted by atomic mass is 28.3. The molecule has 2 aromatic rings. The smallest absolute Gasteiger partial charge is 0.150 e. The molecule has 0 atom stereocenters. The van der Waals surface area contributed by atoms with Gasteiger partial charge in [-0.15, -0.1) is 0 Å². The highest BCUT2D eigenvalue weighted by molar-refractivity contribution is 6.76. The molecule has 2 rings (SSSR count). The Bertz CT molecular complexity index is 614. The Morgan fingerprint density at radius 1 is 1.35 bits per heavy atom. The largest absolute Gasteiger partial charge is 0.383 e. The van der Waals surface area contributed by atoms with E-state index in [9.17, 15) is 4.79 Å². The number of aryl methyl sites for hydroxylation is 1. The first-order valence-corrected chi connectivity index (χ1v) is 10.6. The fourth-order valence-corrected chi connectivity index (χ4v) is 2.89. The average Bonchev–Trinajstić information content (AvgIpc) is 2.70. The molecule has 0 bridgehead atoms. The highest BCUT2D eigenvalue weighted by Gasteiger charge is 2.13. The van der Waals surface area contributed by atoms with E-state index in [-0.39, 0.29) is 0 Å². The Hall–Kier alpha value is -1.46. The van der Waals surface area contributed by atoms with Gasteiger partial charge in [-0.3, -0.25) is 9.48 Å². The van der Waals surface area contributed by atoms with Crippen LogP contribution in [0.25, 0.3) is 10.9 Å². The van der Waals surface area contributed by atoms with Crippen LogP contribution in [0.3, 0.4) is 0 Å². The SMILES string of the molecule is Cc1nn(CCOC[Si](C)(C)C)c2ccc(C=O)cc12. The van der Waals surface area contributed by atoms with Gasteiger partial charge in [-0.05, 0) is 25.1 Å². The van der Waals surface area contributed by atoms with Crippen molar-refractivity contribution in [3.05, 3.63) is 29.5 Å². The van der Waals surface area contributed by atoms with E-state index in [1.807, 2.05) is 29.8 Å². The molecule has 0 saturated carbocycles. The number of hydrogen-bond acceptors (Lipinski definition) is 3. The minimum Gasteiger partial charge on any atom is -0.383 e. The standard InChI is InChI=1S/C15H22N2O2Si/c1-12-14-9-13(10-18)5-6-15(14)17(16-12)7-8-19-11-20(2,3)4/h5-6,9-10H,7-8,11H2,1-4H3. The molecule has 108 valence electrons. The molecule has 0 N–H and O–H groups in total. The van der Waals surface area contributed by atoms with Crippen LogP contribution in [-0.2, 0) is 11.3 Å². The van der Waals surface area contributed by atoms with E-state index in [4.69, 9.17) is 4.74 Å². The molecule has 0 fully saturated rings. The van der Waals surface area contributed by atoms with E-state index in [2.05, 4.69) is 24.7 Å². The van der Waals surface area contributed by atoms with Crippen molar-refractivity contribution in [2.45, 2.75) is 33.1 Å². The van der Waals surface area contributed by atoms with Crippen LogP contribution in [0, 0.1) is 6.92 Å². The third-order valence-corrected chi connectivity index (χ3v) is 4.15. The fourth-order valence-electron chi connectivity index (χ4n) is 2.13. The number of fused-ring (bicyclic) bond motifs is 1. The number of carbonyl (C=O) groups excluding carboxylic acids is 1. The van der Waals surface area contributed by atoms with Crippen molar-refractivity contribution in [3.63, 3.8) is 0 Å². The molecule has 1 heterocycles. The zero-order valence-corrected chi connectivity index (χ0v) is 13.6. The Balaban J connectivity index is 2.09. The van der Waals surface area contributed by atoms with Crippen molar-refractivity contribution in [1.82, 2.24) is 9.78 Å². The number of aldehydes is 1. The maximum absolute atomic E-state index is 10.8. The molecule has 0 unspecified atom stereocenters.